The van der Waals surface area contributed by atoms with Crippen LogP contribution in [0.4, 0.5) is 5.69 Å². The van der Waals surface area contributed by atoms with Gasteiger partial charge < -0.3 is 4.90 Å². The van der Waals surface area contributed by atoms with Gasteiger partial charge in [-0.2, -0.15) is 0 Å². The van der Waals surface area contributed by atoms with Gasteiger partial charge in [0, 0.05) is 19.3 Å². The van der Waals surface area contributed by atoms with Crippen molar-refractivity contribution in [3.8, 4) is 0 Å². The average molecular weight is 190 g/mol. The Morgan fingerprint density at radius 2 is 2.07 bits per heavy atom. The predicted octanol–water partition coefficient (Wildman–Crippen LogP) is 1.88. The molecule has 0 saturated carbocycles. The lowest BCUT2D eigenvalue weighted by Gasteiger charge is -2.29. The molecule has 2 rings (SSSR count). The molecular formula is C11H14N2O. The molecule has 1 aromatic heterocycles. The number of piperidine rings is 1. The minimum absolute atomic E-state index is 0.564. The average Bonchev–Trinajstić information content (AvgIpc) is 2.30. The summed E-state index contributed by atoms with van der Waals surface area (Å²) in [4.78, 5) is 17.1. The van der Waals surface area contributed by atoms with E-state index < -0.39 is 0 Å². The highest BCUT2D eigenvalue weighted by molar-refractivity contribution is 5.81. The monoisotopic (exact) mass is 190 g/mol. The Labute approximate surface area is 83.8 Å². The zero-order chi connectivity index (χ0) is 9.80. The van der Waals surface area contributed by atoms with Crippen molar-refractivity contribution in [2.45, 2.75) is 19.3 Å². The van der Waals surface area contributed by atoms with E-state index in [1.807, 2.05) is 12.1 Å². The quantitative estimate of drug-likeness (QED) is 0.668. The number of carbonyl (C=O) groups excluding carboxylic acids is 1. The van der Waals surface area contributed by atoms with E-state index in [0.717, 1.165) is 25.1 Å². The summed E-state index contributed by atoms with van der Waals surface area (Å²) in [5.74, 6) is 0. The molecule has 74 valence electrons. The van der Waals surface area contributed by atoms with Crippen molar-refractivity contribution in [2.24, 2.45) is 0 Å². The Morgan fingerprint density at radius 3 is 2.79 bits per heavy atom. The van der Waals surface area contributed by atoms with E-state index in [1.54, 1.807) is 6.20 Å². The second-order valence-corrected chi connectivity index (χ2v) is 3.57. The van der Waals surface area contributed by atoms with E-state index in [-0.39, 0.29) is 0 Å². The summed E-state index contributed by atoms with van der Waals surface area (Å²) in [5.41, 5.74) is 1.55. The van der Waals surface area contributed by atoms with Crippen molar-refractivity contribution in [1.82, 2.24) is 4.98 Å². The molecular weight excluding hydrogens is 176 g/mol. The van der Waals surface area contributed by atoms with Crippen LogP contribution in [0.15, 0.2) is 18.3 Å². The first-order valence-electron chi connectivity index (χ1n) is 5.07. The summed E-state index contributed by atoms with van der Waals surface area (Å²) < 4.78 is 0. The minimum atomic E-state index is 0.564. The van der Waals surface area contributed by atoms with Crippen LogP contribution in [0.1, 0.15) is 29.8 Å². The first-order chi connectivity index (χ1) is 6.92. The molecule has 0 radical (unpaired) electrons. The van der Waals surface area contributed by atoms with Gasteiger partial charge in [-0.3, -0.25) is 9.78 Å². The smallest absolute Gasteiger partial charge is 0.170 e. The lowest BCUT2D eigenvalue weighted by molar-refractivity contribution is 0.111. The van der Waals surface area contributed by atoms with Gasteiger partial charge in [0.15, 0.2) is 6.29 Å². The Bertz CT molecular complexity index is 319. The molecule has 1 aliphatic rings. The van der Waals surface area contributed by atoms with Crippen LogP contribution in [0.25, 0.3) is 0 Å². The number of nitrogens with zero attached hydrogens (tertiary/aromatic N) is 2. The van der Waals surface area contributed by atoms with Crippen LogP contribution in [-0.4, -0.2) is 24.4 Å². The number of pyridine rings is 1. The van der Waals surface area contributed by atoms with Crippen molar-refractivity contribution in [3.63, 3.8) is 0 Å². The van der Waals surface area contributed by atoms with Crippen LogP contribution in [0, 0.1) is 0 Å². The van der Waals surface area contributed by atoms with E-state index in [9.17, 15) is 4.79 Å². The van der Waals surface area contributed by atoms with E-state index in [0.29, 0.717) is 5.69 Å². The SMILES string of the molecule is O=Cc1ncccc1N1CCCCC1. The zero-order valence-corrected chi connectivity index (χ0v) is 8.15. The lowest BCUT2D eigenvalue weighted by Crippen LogP contribution is -2.30. The molecule has 1 aliphatic heterocycles. The van der Waals surface area contributed by atoms with Crippen molar-refractivity contribution >= 4 is 12.0 Å². The third-order valence-corrected chi connectivity index (χ3v) is 2.62. The second kappa shape index (κ2) is 4.22. The van der Waals surface area contributed by atoms with Crippen LogP contribution in [0.5, 0.6) is 0 Å². The largest absolute Gasteiger partial charge is 0.370 e. The molecule has 0 atom stereocenters. The molecule has 0 spiro atoms. The maximum absolute atomic E-state index is 10.8. The minimum Gasteiger partial charge on any atom is -0.370 e. The Balaban J connectivity index is 2.24. The summed E-state index contributed by atoms with van der Waals surface area (Å²) >= 11 is 0. The van der Waals surface area contributed by atoms with Gasteiger partial charge in [-0.1, -0.05) is 0 Å². The normalized spacial score (nSPS) is 16.7. The summed E-state index contributed by atoms with van der Waals surface area (Å²) in [6, 6.07) is 3.86. The molecule has 1 saturated heterocycles. The molecule has 3 nitrogen and oxygen atoms in total. The molecule has 0 bridgehead atoms. The molecule has 0 aliphatic carbocycles. The van der Waals surface area contributed by atoms with E-state index in [4.69, 9.17) is 0 Å². The highest BCUT2D eigenvalue weighted by atomic mass is 16.1. The van der Waals surface area contributed by atoms with Crippen molar-refractivity contribution in [3.05, 3.63) is 24.0 Å². The zero-order valence-electron chi connectivity index (χ0n) is 8.15. The van der Waals surface area contributed by atoms with Gasteiger partial charge in [0.1, 0.15) is 5.69 Å². The lowest BCUT2D eigenvalue weighted by atomic mass is 10.1. The van der Waals surface area contributed by atoms with Gasteiger partial charge in [0.05, 0.1) is 5.69 Å². The van der Waals surface area contributed by atoms with Crippen molar-refractivity contribution < 1.29 is 4.79 Å². The summed E-state index contributed by atoms with van der Waals surface area (Å²) in [7, 11) is 0. The van der Waals surface area contributed by atoms with Gasteiger partial charge in [-0.15, -0.1) is 0 Å². The van der Waals surface area contributed by atoms with Crippen LogP contribution in [0.3, 0.4) is 0 Å². The first-order valence-corrected chi connectivity index (χ1v) is 5.07. The number of aromatic nitrogens is 1. The third kappa shape index (κ3) is 1.76. The Kier molecular flexibility index (Phi) is 2.77. The van der Waals surface area contributed by atoms with Crippen molar-refractivity contribution in [1.29, 1.82) is 0 Å². The molecule has 3 heteroatoms. The number of hydrogen-bond donors (Lipinski definition) is 0. The molecule has 0 amide bonds. The van der Waals surface area contributed by atoms with E-state index >= 15 is 0 Å². The number of hydrogen-bond acceptors (Lipinski definition) is 3. The topological polar surface area (TPSA) is 33.2 Å². The van der Waals surface area contributed by atoms with Crippen LogP contribution in [-0.2, 0) is 0 Å². The maximum Gasteiger partial charge on any atom is 0.170 e. The molecule has 1 aromatic rings. The third-order valence-electron chi connectivity index (χ3n) is 2.62. The van der Waals surface area contributed by atoms with E-state index in [2.05, 4.69) is 9.88 Å². The highest BCUT2D eigenvalue weighted by Gasteiger charge is 2.13. The number of anilines is 1. The Hall–Kier alpha value is -1.38. The van der Waals surface area contributed by atoms with Gasteiger partial charge in [-0.05, 0) is 31.4 Å². The molecule has 14 heavy (non-hydrogen) atoms. The maximum atomic E-state index is 10.8. The predicted molar refractivity (Wildman–Crippen MR) is 55.7 cm³/mol. The van der Waals surface area contributed by atoms with Crippen LogP contribution < -0.4 is 4.90 Å². The van der Waals surface area contributed by atoms with Crippen LogP contribution in [0.2, 0.25) is 0 Å². The summed E-state index contributed by atoms with van der Waals surface area (Å²) in [5, 5.41) is 0. The van der Waals surface area contributed by atoms with E-state index in [1.165, 1.54) is 19.3 Å². The summed E-state index contributed by atoms with van der Waals surface area (Å²) in [6.45, 7) is 2.10. The number of rotatable bonds is 2. The van der Waals surface area contributed by atoms with Gasteiger partial charge in [0.2, 0.25) is 0 Å². The highest BCUT2D eigenvalue weighted by Crippen LogP contribution is 2.21. The van der Waals surface area contributed by atoms with Gasteiger partial charge in [0.25, 0.3) is 0 Å². The molecule has 1 fully saturated rings. The Morgan fingerprint density at radius 1 is 1.29 bits per heavy atom. The van der Waals surface area contributed by atoms with Gasteiger partial charge in [-0.25, -0.2) is 0 Å². The van der Waals surface area contributed by atoms with Crippen LogP contribution >= 0.6 is 0 Å². The number of carbonyl (C=O) groups is 1. The molecule has 0 aromatic carbocycles. The fourth-order valence-electron chi connectivity index (χ4n) is 1.90. The fraction of sp³-hybridized carbons (Fsp3) is 0.455. The second-order valence-electron chi connectivity index (χ2n) is 3.57. The number of aldehydes is 1. The van der Waals surface area contributed by atoms with Crippen molar-refractivity contribution in [2.75, 3.05) is 18.0 Å². The van der Waals surface area contributed by atoms with Gasteiger partial charge >= 0.3 is 0 Å². The molecule has 0 N–H and O–H groups in total. The molecule has 0 unspecified atom stereocenters. The fourth-order valence-corrected chi connectivity index (χ4v) is 1.90. The molecule has 2 heterocycles. The first kappa shape index (κ1) is 9.19. The summed E-state index contributed by atoms with van der Waals surface area (Å²) in [6.07, 6.45) is 6.23. The standard InChI is InChI=1S/C11H14N2O/c14-9-10-11(5-4-6-12-10)13-7-2-1-3-8-13/h4-6,9H,1-3,7-8H2.